The van der Waals surface area contributed by atoms with Crippen molar-refractivity contribution in [3.05, 3.63) is 35.4 Å². The molecular weight excluding hydrogens is 228 g/mol. The smallest absolute Gasteiger partial charge is 0.241 e. The molecule has 1 amide bonds. The highest BCUT2D eigenvalue weighted by Gasteiger charge is 2.42. The first-order chi connectivity index (χ1) is 8.56. The SMILES string of the molecule is Cc1ccc(C(N)C(=O)NCC2(CO)CC2)cc1. The lowest BCUT2D eigenvalue weighted by molar-refractivity contribution is -0.122. The standard InChI is InChI=1S/C14H20N2O2/c1-10-2-4-11(5-3-10)12(15)13(18)16-8-14(9-17)6-7-14/h2-5,12,17H,6-9,15H2,1H3,(H,16,18). The molecule has 0 spiro atoms. The molecule has 4 N–H and O–H groups in total. The predicted octanol–water partition coefficient (Wildman–Crippen LogP) is 0.884. The van der Waals surface area contributed by atoms with Crippen LogP contribution in [0, 0.1) is 12.3 Å². The van der Waals surface area contributed by atoms with E-state index < -0.39 is 6.04 Å². The molecule has 2 rings (SSSR count). The minimum Gasteiger partial charge on any atom is -0.396 e. The molecule has 0 aromatic heterocycles. The van der Waals surface area contributed by atoms with Gasteiger partial charge in [-0.05, 0) is 25.3 Å². The molecule has 1 aromatic carbocycles. The van der Waals surface area contributed by atoms with E-state index in [2.05, 4.69) is 5.32 Å². The summed E-state index contributed by atoms with van der Waals surface area (Å²) in [5.74, 6) is -0.182. The highest BCUT2D eigenvalue weighted by molar-refractivity contribution is 5.83. The molecule has 4 nitrogen and oxygen atoms in total. The maximum atomic E-state index is 11.9. The lowest BCUT2D eigenvalue weighted by atomic mass is 10.0. The Kier molecular flexibility index (Phi) is 3.68. The molecule has 0 heterocycles. The van der Waals surface area contributed by atoms with E-state index in [0.717, 1.165) is 24.0 Å². The Labute approximate surface area is 107 Å². The van der Waals surface area contributed by atoms with E-state index in [1.807, 2.05) is 31.2 Å². The molecule has 1 fully saturated rings. The molecule has 98 valence electrons. The maximum Gasteiger partial charge on any atom is 0.241 e. The molecule has 0 saturated heterocycles. The van der Waals surface area contributed by atoms with E-state index in [9.17, 15) is 9.90 Å². The van der Waals surface area contributed by atoms with Gasteiger partial charge < -0.3 is 16.2 Å². The minimum atomic E-state index is -0.639. The van der Waals surface area contributed by atoms with Gasteiger partial charge in [-0.3, -0.25) is 4.79 Å². The summed E-state index contributed by atoms with van der Waals surface area (Å²) in [6.07, 6.45) is 1.95. The number of aryl methyl sites for hydroxylation is 1. The van der Waals surface area contributed by atoms with E-state index in [4.69, 9.17) is 5.73 Å². The molecule has 0 bridgehead atoms. The predicted molar refractivity (Wildman–Crippen MR) is 69.9 cm³/mol. The van der Waals surface area contributed by atoms with Crippen LogP contribution in [0.25, 0.3) is 0 Å². The van der Waals surface area contributed by atoms with Crippen LogP contribution in [0.2, 0.25) is 0 Å². The van der Waals surface area contributed by atoms with Gasteiger partial charge in [0.25, 0.3) is 0 Å². The molecule has 0 aliphatic heterocycles. The van der Waals surface area contributed by atoms with Gasteiger partial charge in [0.2, 0.25) is 5.91 Å². The van der Waals surface area contributed by atoms with Gasteiger partial charge in [0.1, 0.15) is 6.04 Å². The van der Waals surface area contributed by atoms with Crippen molar-refractivity contribution in [2.45, 2.75) is 25.8 Å². The van der Waals surface area contributed by atoms with Gasteiger partial charge in [-0.15, -0.1) is 0 Å². The van der Waals surface area contributed by atoms with Gasteiger partial charge in [0.05, 0.1) is 6.61 Å². The van der Waals surface area contributed by atoms with E-state index in [1.54, 1.807) is 0 Å². The number of hydrogen-bond donors (Lipinski definition) is 3. The molecule has 4 heteroatoms. The summed E-state index contributed by atoms with van der Waals surface area (Å²) in [5, 5.41) is 12.0. The van der Waals surface area contributed by atoms with E-state index in [-0.39, 0.29) is 17.9 Å². The van der Waals surface area contributed by atoms with Gasteiger partial charge >= 0.3 is 0 Å². The molecule has 1 aromatic rings. The Hall–Kier alpha value is -1.39. The third-order valence-electron chi connectivity index (χ3n) is 3.65. The van der Waals surface area contributed by atoms with Crippen LogP contribution < -0.4 is 11.1 Å². The lowest BCUT2D eigenvalue weighted by Gasteiger charge is -2.16. The second kappa shape index (κ2) is 5.08. The number of hydrogen-bond acceptors (Lipinski definition) is 3. The molecule has 1 saturated carbocycles. The van der Waals surface area contributed by atoms with Gasteiger partial charge in [0.15, 0.2) is 0 Å². The molecule has 1 aliphatic rings. The van der Waals surface area contributed by atoms with Crippen LogP contribution in [0.1, 0.15) is 30.0 Å². The Morgan fingerprint density at radius 2 is 2.06 bits per heavy atom. The zero-order valence-corrected chi connectivity index (χ0v) is 10.6. The monoisotopic (exact) mass is 248 g/mol. The van der Waals surface area contributed by atoms with E-state index >= 15 is 0 Å². The van der Waals surface area contributed by atoms with Crippen LogP contribution in [-0.4, -0.2) is 24.2 Å². The number of carbonyl (C=O) groups is 1. The van der Waals surface area contributed by atoms with Crippen molar-refractivity contribution in [1.29, 1.82) is 0 Å². The minimum absolute atomic E-state index is 0.0807. The summed E-state index contributed by atoms with van der Waals surface area (Å²) in [4.78, 5) is 11.9. The Balaban J connectivity index is 1.90. The zero-order valence-electron chi connectivity index (χ0n) is 10.6. The molecule has 1 aliphatic carbocycles. The number of rotatable bonds is 5. The highest BCUT2D eigenvalue weighted by Crippen LogP contribution is 2.44. The van der Waals surface area contributed by atoms with Crippen molar-refractivity contribution in [2.24, 2.45) is 11.1 Å². The normalized spacial score (nSPS) is 18.2. The molecule has 1 atom stereocenters. The average molecular weight is 248 g/mol. The second-order valence-electron chi connectivity index (χ2n) is 5.26. The van der Waals surface area contributed by atoms with Crippen LogP contribution >= 0.6 is 0 Å². The van der Waals surface area contributed by atoms with Crippen molar-refractivity contribution >= 4 is 5.91 Å². The van der Waals surface area contributed by atoms with Crippen LogP contribution in [0.15, 0.2) is 24.3 Å². The average Bonchev–Trinajstić information content (AvgIpc) is 3.17. The Morgan fingerprint density at radius 3 is 2.56 bits per heavy atom. The first kappa shape index (κ1) is 13.1. The lowest BCUT2D eigenvalue weighted by Crippen LogP contribution is -2.38. The fourth-order valence-electron chi connectivity index (χ4n) is 1.88. The van der Waals surface area contributed by atoms with Crippen molar-refractivity contribution < 1.29 is 9.90 Å². The molecule has 0 radical (unpaired) electrons. The molecule has 1 unspecified atom stereocenters. The molecular formula is C14H20N2O2. The van der Waals surface area contributed by atoms with Crippen LogP contribution in [0.3, 0.4) is 0 Å². The summed E-state index contributed by atoms with van der Waals surface area (Å²) < 4.78 is 0. The van der Waals surface area contributed by atoms with Crippen molar-refractivity contribution in [3.8, 4) is 0 Å². The zero-order chi connectivity index (χ0) is 13.2. The fourth-order valence-corrected chi connectivity index (χ4v) is 1.88. The maximum absolute atomic E-state index is 11.9. The topological polar surface area (TPSA) is 75.4 Å². The largest absolute Gasteiger partial charge is 0.396 e. The van der Waals surface area contributed by atoms with Crippen LogP contribution in [-0.2, 0) is 4.79 Å². The number of carbonyl (C=O) groups excluding carboxylic acids is 1. The second-order valence-corrected chi connectivity index (χ2v) is 5.26. The number of aliphatic hydroxyl groups excluding tert-OH is 1. The number of aliphatic hydroxyl groups is 1. The van der Waals surface area contributed by atoms with Gasteiger partial charge in [-0.1, -0.05) is 29.8 Å². The number of amides is 1. The van der Waals surface area contributed by atoms with Gasteiger partial charge in [0, 0.05) is 12.0 Å². The Bertz CT molecular complexity index is 424. The third-order valence-corrected chi connectivity index (χ3v) is 3.65. The third kappa shape index (κ3) is 2.89. The van der Waals surface area contributed by atoms with E-state index in [0.29, 0.717) is 6.54 Å². The fraction of sp³-hybridized carbons (Fsp3) is 0.500. The van der Waals surface area contributed by atoms with Gasteiger partial charge in [-0.25, -0.2) is 0 Å². The van der Waals surface area contributed by atoms with Crippen LogP contribution in [0.4, 0.5) is 0 Å². The quantitative estimate of drug-likeness (QED) is 0.724. The first-order valence-corrected chi connectivity index (χ1v) is 6.27. The summed E-state index contributed by atoms with van der Waals surface area (Å²) in [6, 6.07) is 6.99. The summed E-state index contributed by atoms with van der Waals surface area (Å²) in [7, 11) is 0. The van der Waals surface area contributed by atoms with Crippen molar-refractivity contribution in [3.63, 3.8) is 0 Å². The summed E-state index contributed by atoms with van der Waals surface area (Å²) >= 11 is 0. The first-order valence-electron chi connectivity index (χ1n) is 6.27. The highest BCUT2D eigenvalue weighted by atomic mass is 16.3. The number of nitrogens with two attached hydrogens (primary N) is 1. The summed E-state index contributed by atoms with van der Waals surface area (Å²) in [5.41, 5.74) is 7.78. The van der Waals surface area contributed by atoms with E-state index in [1.165, 1.54) is 0 Å². The Morgan fingerprint density at radius 1 is 1.44 bits per heavy atom. The van der Waals surface area contributed by atoms with Crippen molar-refractivity contribution in [1.82, 2.24) is 5.32 Å². The van der Waals surface area contributed by atoms with Gasteiger partial charge in [-0.2, -0.15) is 0 Å². The molecule has 18 heavy (non-hydrogen) atoms. The van der Waals surface area contributed by atoms with Crippen LogP contribution in [0.5, 0.6) is 0 Å². The number of nitrogens with one attached hydrogen (secondary N) is 1. The summed E-state index contributed by atoms with van der Waals surface area (Å²) in [6.45, 7) is 2.64. The van der Waals surface area contributed by atoms with Crippen molar-refractivity contribution in [2.75, 3.05) is 13.2 Å². The number of benzene rings is 1.